The molecule has 0 radical (unpaired) electrons. The van der Waals surface area contributed by atoms with Gasteiger partial charge in [-0.2, -0.15) is 10.2 Å². The Labute approximate surface area is 215 Å². The van der Waals surface area contributed by atoms with E-state index in [0.29, 0.717) is 35.1 Å². The molecule has 0 fully saturated rings. The highest BCUT2D eigenvalue weighted by Crippen LogP contribution is 2.35. The quantitative estimate of drug-likeness (QED) is 0.278. The second kappa shape index (κ2) is 11.2. The number of aryl methyl sites for hydroxylation is 1. The van der Waals surface area contributed by atoms with E-state index >= 15 is 0 Å². The molecule has 4 aromatic rings. The van der Waals surface area contributed by atoms with Gasteiger partial charge in [-0.15, -0.1) is 0 Å². The van der Waals surface area contributed by atoms with Crippen LogP contribution in [0.5, 0.6) is 0 Å². The Bertz CT molecular complexity index is 1490. The molecular formula is C23H25F2N9O4. The second-order valence-corrected chi connectivity index (χ2v) is 8.40. The topological polar surface area (TPSA) is 150 Å². The van der Waals surface area contributed by atoms with Gasteiger partial charge >= 0.3 is 6.09 Å². The number of amides is 2. The fraction of sp³-hybridized carbons (Fsp3) is 0.304. The summed E-state index contributed by atoms with van der Waals surface area (Å²) in [6, 6.07) is 1.58. The van der Waals surface area contributed by atoms with Crippen molar-refractivity contribution >= 4 is 34.7 Å². The molecular weight excluding hydrogens is 504 g/mol. The summed E-state index contributed by atoms with van der Waals surface area (Å²) in [7, 11) is 2.93. The van der Waals surface area contributed by atoms with Crippen LogP contribution in [0.3, 0.4) is 0 Å². The van der Waals surface area contributed by atoms with Crippen molar-refractivity contribution in [2.45, 2.75) is 26.2 Å². The van der Waals surface area contributed by atoms with Gasteiger partial charge in [0.05, 0.1) is 30.2 Å². The highest BCUT2D eigenvalue weighted by molar-refractivity contribution is 5.95. The maximum Gasteiger partial charge on any atom is 0.411 e. The van der Waals surface area contributed by atoms with Gasteiger partial charge in [0.1, 0.15) is 42.2 Å². The van der Waals surface area contributed by atoms with Crippen LogP contribution in [-0.2, 0) is 23.0 Å². The molecule has 0 saturated heterocycles. The largest absolute Gasteiger partial charge is 0.449 e. The Morgan fingerprint density at radius 3 is 2.53 bits per heavy atom. The highest BCUT2D eigenvalue weighted by atomic mass is 19.1. The summed E-state index contributed by atoms with van der Waals surface area (Å²) in [5.41, 5.74) is 2.83. The van der Waals surface area contributed by atoms with Gasteiger partial charge in [-0.05, 0) is 12.0 Å². The van der Waals surface area contributed by atoms with E-state index in [2.05, 4.69) is 35.6 Å². The Kier molecular flexibility index (Phi) is 7.76. The molecule has 3 heterocycles. The third-order valence-corrected chi connectivity index (χ3v) is 5.54. The number of halogens is 2. The maximum atomic E-state index is 14.6. The van der Waals surface area contributed by atoms with Crippen molar-refractivity contribution in [3.8, 4) is 0 Å². The number of carbonyl (C=O) groups is 2. The van der Waals surface area contributed by atoms with Gasteiger partial charge in [0, 0.05) is 25.1 Å². The zero-order valence-corrected chi connectivity index (χ0v) is 21.0. The summed E-state index contributed by atoms with van der Waals surface area (Å²) in [5, 5.41) is 13.7. The van der Waals surface area contributed by atoms with Crippen molar-refractivity contribution in [1.29, 1.82) is 0 Å². The normalized spacial score (nSPS) is 11.1. The number of hydrogen-bond donors (Lipinski definition) is 3. The Balaban J connectivity index is 1.61. The predicted molar refractivity (Wildman–Crippen MR) is 131 cm³/mol. The lowest BCUT2D eigenvalue weighted by atomic mass is 10.0. The molecule has 0 unspecified atom stereocenters. The molecule has 0 saturated carbocycles. The third-order valence-electron chi connectivity index (χ3n) is 5.54. The number of anilines is 3. The van der Waals surface area contributed by atoms with E-state index in [-0.39, 0.29) is 24.0 Å². The molecule has 0 aliphatic heterocycles. The zero-order valence-electron chi connectivity index (χ0n) is 21.0. The van der Waals surface area contributed by atoms with Crippen LogP contribution in [0.2, 0.25) is 0 Å². The van der Waals surface area contributed by atoms with Crippen molar-refractivity contribution in [2.24, 2.45) is 7.05 Å². The van der Waals surface area contributed by atoms with Gasteiger partial charge < -0.3 is 10.1 Å². The number of benzene rings is 1. The number of aromatic nitrogens is 6. The highest BCUT2D eigenvalue weighted by Gasteiger charge is 2.22. The molecule has 200 valence electrons. The van der Waals surface area contributed by atoms with E-state index in [9.17, 15) is 18.4 Å². The van der Waals surface area contributed by atoms with Crippen LogP contribution in [0.15, 0.2) is 31.0 Å². The van der Waals surface area contributed by atoms with Gasteiger partial charge in [0.15, 0.2) is 5.82 Å². The second-order valence-electron chi connectivity index (χ2n) is 8.40. The molecule has 0 spiro atoms. The van der Waals surface area contributed by atoms with E-state index in [0.717, 1.165) is 6.07 Å². The van der Waals surface area contributed by atoms with Crippen LogP contribution in [0.4, 0.5) is 30.8 Å². The molecule has 0 aliphatic rings. The van der Waals surface area contributed by atoms with Gasteiger partial charge in [-0.3, -0.25) is 19.6 Å². The van der Waals surface area contributed by atoms with Gasteiger partial charge in [-0.1, -0.05) is 13.8 Å². The van der Waals surface area contributed by atoms with Crippen LogP contribution in [-0.4, -0.2) is 55.1 Å². The van der Waals surface area contributed by atoms with E-state index < -0.39 is 29.2 Å². The zero-order chi connectivity index (χ0) is 27.4. The summed E-state index contributed by atoms with van der Waals surface area (Å²) < 4.78 is 37.2. The van der Waals surface area contributed by atoms with Crippen molar-refractivity contribution in [1.82, 2.24) is 34.8 Å². The van der Waals surface area contributed by atoms with Crippen LogP contribution in [0.1, 0.15) is 41.5 Å². The summed E-state index contributed by atoms with van der Waals surface area (Å²) in [4.78, 5) is 37.4. The lowest BCUT2D eigenvalue weighted by Crippen LogP contribution is -2.23. The molecule has 3 aromatic heterocycles. The molecule has 15 heteroatoms. The van der Waals surface area contributed by atoms with Crippen LogP contribution < -0.4 is 16.1 Å². The molecule has 4 rings (SSSR count). The van der Waals surface area contributed by atoms with E-state index in [1.165, 1.54) is 24.3 Å². The summed E-state index contributed by atoms with van der Waals surface area (Å²) in [5.74, 6) is -2.22. The number of rotatable bonds is 9. The van der Waals surface area contributed by atoms with Crippen LogP contribution >= 0.6 is 0 Å². The lowest BCUT2D eigenvalue weighted by molar-refractivity contribution is 0.0533. The van der Waals surface area contributed by atoms with Crippen molar-refractivity contribution < 1.29 is 27.9 Å². The standard InChI is InChI=1S/C23H25F2N9O4/c1-12(2)19-17(31-23(36)38-6-5-18-26-10-28-33(18)3)9-34-20(19)21(27-11-29-34)30-16-7-13(22(35)32-37-4)14(24)8-15(16)25/h7-12H,5-6H2,1-4H3,(H,31,36)(H,32,35)(H,27,29,30). The first-order valence-electron chi connectivity index (χ1n) is 11.4. The first-order chi connectivity index (χ1) is 18.2. The molecule has 13 nitrogen and oxygen atoms in total. The molecule has 0 atom stereocenters. The Morgan fingerprint density at radius 1 is 1.08 bits per heavy atom. The van der Waals surface area contributed by atoms with E-state index in [1.54, 1.807) is 17.9 Å². The van der Waals surface area contributed by atoms with Crippen molar-refractivity contribution in [3.63, 3.8) is 0 Å². The van der Waals surface area contributed by atoms with Gasteiger partial charge in [-0.25, -0.2) is 33.5 Å². The summed E-state index contributed by atoms with van der Waals surface area (Å²) in [6.07, 6.45) is 3.90. The minimum Gasteiger partial charge on any atom is -0.449 e. The molecule has 1 aromatic carbocycles. The van der Waals surface area contributed by atoms with Gasteiger partial charge in [0.25, 0.3) is 5.91 Å². The minimum absolute atomic E-state index is 0.0815. The monoisotopic (exact) mass is 529 g/mol. The first kappa shape index (κ1) is 26.4. The average molecular weight is 530 g/mol. The number of carbonyl (C=O) groups excluding carboxylic acids is 2. The average Bonchev–Trinajstić information content (AvgIpc) is 3.44. The van der Waals surface area contributed by atoms with E-state index in [1.807, 2.05) is 19.3 Å². The molecule has 38 heavy (non-hydrogen) atoms. The SMILES string of the molecule is CONC(=O)c1cc(Nc2ncnn3cc(NC(=O)OCCc4ncnn4C)c(C(C)C)c23)c(F)cc1F. The minimum atomic E-state index is -1.06. The Morgan fingerprint density at radius 2 is 1.84 bits per heavy atom. The fourth-order valence-electron chi connectivity index (χ4n) is 3.83. The fourth-order valence-corrected chi connectivity index (χ4v) is 3.83. The Hall–Kier alpha value is -4.66. The smallest absolute Gasteiger partial charge is 0.411 e. The predicted octanol–water partition coefficient (Wildman–Crippen LogP) is 3.09. The van der Waals surface area contributed by atoms with Crippen LogP contribution in [0.25, 0.3) is 5.52 Å². The number of nitrogens with one attached hydrogen (secondary N) is 3. The number of hydrogen-bond acceptors (Lipinski definition) is 9. The van der Waals surface area contributed by atoms with Crippen molar-refractivity contribution in [2.75, 3.05) is 24.4 Å². The summed E-state index contributed by atoms with van der Waals surface area (Å²) >= 11 is 0. The molecule has 3 N–H and O–H groups in total. The number of ether oxygens (including phenoxy) is 1. The molecule has 0 aliphatic carbocycles. The number of nitrogens with zero attached hydrogens (tertiary/aromatic N) is 6. The van der Waals surface area contributed by atoms with E-state index in [4.69, 9.17) is 4.74 Å². The third kappa shape index (κ3) is 5.51. The first-order valence-corrected chi connectivity index (χ1v) is 11.4. The lowest BCUT2D eigenvalue weighted by Gasteiger charge is -2.13. The molecule has 2 amide bonds. The maximum absolute atomic E-state index is 14.6. The number of fused-ring (bicyclic) bond motifs is 1. The van der Waals surface area contributed by atoms with Crippen LogP contribution in [0, 0.1) is 11.6 Å². The van der Waals surface area contributed by atoms with Gasteiger partial charge in [0.2, 0.25) is 0 Å². The van der Waals surface area contributed by atoms with Crippen molar-refractivity contribution in [3.05, 3.63) is 59.6 Å². The summed E-state index contributed by atoms with van der Waals surface area (Å²) in [6.45, 7) is 3.86. The molecule has 0 bridgehead atoms. The number of hydroxylamine groups is 1.